The minimum absolute atomic E-state index is 0.208. The van der Waals surface area contributed by atoms with Gasteiger partial charge in [0.05, 0.1) is 6.42 Å². The predicted octanol–water partition coefficient (Wildman–Crippen LogP) is 2.49. The van der Waals surface area contributed by atoms with E-state index in [1.165, 1.54) is 6.07 Å². The lowest BCUT2D eigenvalue weighted by Crippen LogP contribution is -2.46. The van der Waals surface area contributed by atoms with Crippen molar-refractivity contribution in [2.45, 2.75) is 13.0 Å². The number of aliphatic carboxylic acids is 1. The van der Waals surface area contributed by atoms with Gasteiger partial charge in [-0.1, -0.05) is 22.0 Å². The van der Waals surface area contributed by atoms with Crippen LogP contribution in [0.2, 0.25) is 0 Å². The van der Waals surface area contributed by atoms with Crippen molar-refractivity contribution in [3.05, 3.63) is 34.1 Å². The highest BCUT2D eigenvalue weighted by Gasteiger charge is 2.28. The Labute approximate surface area is 107 Å². The second kappa shape index (κ2) is 5.14. The molecular formula is C12H13BrFNO2. The van der Waals surface area contributed by atoms with E-state index in [0.717, 1.165) is 17.6 Å². The Morgan fingerprint density at radius 3 is 2.82 bits per heavy atom. The molecular weight excluding hydrogens is 289 g/mol. The van der Waals surface area contributed by atoms with Crippen LogP contribution in [0.4, 0.5) is 4.39 Å². The average Bonchev–Trinajstić information content (AvgIpc) is 2.17. The fourth-order valence-corrected chi connectivity index (χ4v) is 2.41. The van der Waals surface area contributed by atoms with Crippen LogP contribution in [0.15, 0.2) is 22.7 Å². The summed E-state index contributed by atoms with van der Waals surface area (Å²) in [7, 11) is 0. The summed E-state index contributed by atoms with van der Waals surface area (Å²) in [6, 6.07) is 5.01. The van der Waals surface area contributed by atoms with Crippen LogP contribution in [0, 0.1) is 11.7 Å². The van der Waals surface area contributed by atoms with Crippen molar-refractivity contribution >= 4 is 21.9 Å². The molecule has 1 aromatic rings. The molecule has 1 aliphatic rings. The number of benzene rings is 1. The molecule has 5 heteroatoms. The first kappa shape index (κ1) is 12.5. The summed E-state index contributed by atoms with van der Waals surface area (Å²) in [5, 5.41) is 8.62. The Balaban J connectivity index is 1.85. The molecule has 17 heavy (non-hydrogen) atoms. The van der Waals surface area contributed by atoms with Crippen molar-refractivity contribution in [3.63, 3.8) is 0 Å². The van der Waals surface area contributed by atoms with Gasteiger partial charge in [-0.3, -0.25) is 9.69 Å². The quantitative estimate of drug-likeness (QED) is 0.929. The standard InChI is InChI=1S/C12H13BrFNO2/c13-10-2-1-9(11(14)4-10)7-15-5-8(6-15)3-12(16)17/h1-2,4,8H,3,5-7H2,(H,16,17). The van der Waals surface area contributed by atoms with Crippen LogP contribution in [-0.2, 0) is 11.3 Å². The molecule has 1 aliphatic heterocycles. The minimum Gasteiger partial charge on any atom is -0.481 e. The molecule has 0 spiro atoms. The maximum Gasteiger partial charge on any atom is 0.303 e. The topological polar surface area (TPSA) is 40.5 Å². The number of rotatable bonds is 4. The van der Waals surface area contributed by atoms with Crippen LogP contribution < -0.4 is 0 Å². The highest BCUT2D eigenvalue weighted by Crippen LogP contribution is 2.23. The van der Waals surface area contributed by atoms with E-state index in [0.29, 0.717) is 12.1 Å². The van der Waals surface area contributed by atoms with Crippen molar-refractivity contribution in [2.75, 3.05) is 13.1 Å². The fourth-order valence-electron chi connectivity index (χ4n) is 2.07. The Kier molecular flexibility index (Phi) is 3.79. The monoisotopic (exact) mass is 301 g/mol. The molecule has 3 nitrogen and oxygen atoms in total. The molecule has 0 bridgehead atoms. The summed E-state index contributed by atoms with van der Waals surface area (Å²) in [4.78, 5) is 12.5. The fraction of sp³-hybridized carbons (Fsp3) is 0.417. The van der Waals surface area contributed by atoms with E-state index in [1.54, 1.807) is 6.07 Å². The molecule has 1 N–H and O–H groups in total. The summed E-state index contributed by atoms with van der Waals surface area (Å²) in [6.45, 7) is 2.03. The van der Waals surface area contributed by atoms with E-state index in [1.807, 2.05) is 6.07 Å². The van der Waals surface area contributed by atoms with Crippen molar-refractivity contribution in [1.29, 1.82) is 0 Å². The van der Waals surface area contributed by atoms with Gasteiger partial charge in [0.2, 0.25) is 0 Å². The van der Waals surface area contributed by atoms with E-state index >= 15 is 0 Å². The number of carboxylic acid groups (broad SMARTS) is 1. The molecule has 0 aromatic heterocycles. The molecule has 2 rings (SSSR count). The van der Waals surface area contributed by atoms with Gasteiger partial charge < -0.3 is 5.11 Å². The van der Waals surface area contributed by atoms with Gasteiger partial charge in [0.15, 0.2) is 0 Å². The van der Waals surface area contributed by atoms with Gasteiger partial charge in [0.1, 0.15) is 5.82 Å². The first-order valence-electron chi connectivity index (χ1n) is 5.42. The highest BCUT2D eigenvalue weighted by atomic mass is 79.9. The highest BCUT2D eigenvalue weighted by molar-refractivity contribution is 9.10. The Morgan fingerprint density at radius 2 is 2.24 bits per heavy atom. The first-order valence-corrected chi connectivity index (χ1v) is 6.22. The normalized spacial score (nSPS) is 16.8. The number of nitrogens with zero attached hydrogens (tertiary/aromatic N) is 1. The van der Waals surface area contributed by atoms with Crippen molar-refractivity contribution in [1.82, 2.24) is 4.90 Å². The maximum absolute atomic E-state index is 13.5. The molecule has 0 radical (unpaired) electrons. The summed E-state index contributed by atoms with van der Waals surface area (Å²) < 4.78 is 14.3. The van der Waals surface area contributed by atoms with Crippen LogP contribution in [-0.4, -0.2) is 29.1 Å². The predicted molar refractivity (Wildman–Crippen MR) is 65.1 cm³/mol. The van der Waals surface area contributed by atoms with Gasteiger partial charge in [0.25, 0.3) is 0 Å². The number of carboxylic acids is 1. The zero-order chi connectivity index (χ0) is 12.4. The van der Waals surface area contributed by atoms with Crippen molar-refractivity contribution in [2.24, 2.45) is 5.92 Å². The Morgan fingerprint density at radius 1 is 1.53 bits per heavy atom. The Bertz CT molecular complexity index is 433. The van der Waals surface area contributed by atoms with E-state index in [4.69, 9.17) is 5.11 Å². The molecule has 1 aromatic carbocycles. The molecule has 0 amide bonds. The summed E-state index contributed by atoms with van der Waals surface area (Å²) >= 11 is 3.21. The van der Waals surface area contributed by atoms with Crippen molar-refractivity contribution in [3.8, 4) is 0 Å². The molecule has 0 unspecified atom stereocenters. The number of hydrogen-bond donors (Lipinski definition) is 1. The molecule has 1 heterocycles. The smallest absolute Gasteiger partial charge is 0.303 e. The second-order valence-corrected chi connectivity index (χ2v) is 5.31. The number of carbonyl (C=O) groups is 1. The molecule has 1 fully saturated rings. The van der Waals surface area contributed by atoms with E-state index < -0.39 is 5.97 Å². The third kappa shape index (κ3) is 3.26. The lowest BCUT2D eigenvalue weighted by atomic mass is 9.96. The van der Waals surface area contributed by atoms with Crippen molar-refractivity contribution < 1.29 is 14.3 Å². The maximum atomic E-state index is 13.5. The van der Waals surface area contributed by atoms with Gasteiger partial charge >= 0.3 is 5.97 Å². The Hall–Kier alpha value is -0.940. The van der Waals surface area contributed by atoms with Gasteiger partial charge in [-0.25, -0.2) is 4.39 Å². The van der Waals surface area contributed by atoms with Gasteiger partial charge in [-0.15, -0.1) is 0 Å². The lowest BCUT2D eigenvalue weighted by Gasteiger charge is -2.38. The van der Waals surface area contributed by atoms with Crippen LogP contribution in [0.25, 0.3) is 0 Å². The van der Waals surface area contributed by atoms with Crippen LogP contribution in [0.3, 0.4) is 0 Å². The third-order valence-electron chi connectivity index (χ3n) is 2.91. The third-order valence-corrected chi connectivity index (χ3v) is 3.40. The van der Waals surface area contributed by atoms with E-state index in [9.17, 15) is 9.18 Å². The average molecular weight is 302 g/mol. The largest absolute Gasteiger partial charge is 0.481 e. The first-order chi connectivity index (χ1) is 8.04. The molecule has 92 valence electrons. The van der Waals surface area contributed by atoms with Gasteiger partial charge in [0, 0.05) is 29.7 Å². The zero-order valence-corrected chi connectivity index (χ0v) is 10.8. The lowest BCUT2D eigenvalue weighted by molar-refractivity contribution is -0.139. The SMILES string of the molecule is O=C(O)CC1CN(Cc2ccc(Br)cc2F)C1. The second-order valence-electron chi connectivity index (χ2n) is 4.39. The number of likely N-dealkylation sites (tertiary alicyclic amines) is 1. The number of hydrogen-bond acceptors (Lipinski definition) is 2. The summed E-state index contributed by atoms with van der Waals surface area (Å²) in [5.41, 5.74) is 0.655. The van der Waals surface area contributed by atoms with Crippen LogP contribution in [0.1, 0.15) is 12.0 Å². The number of halogens is 2. The van der Waals surface area contributed by atoms with Crippen LogP contribution in [0.5, 0.6) is 0 Å². The van der Waals surface area contributed by atoms with E-state index in [2.05, 4.69) is 20.8 Å². The zero-order valence-electron chi connectivity index (χ0n) is 9.20. The van der Waals surface area contributed by atoms with Crippen LogP contribution >= 0.6 is 15.9 Å². The minimum atomic E-state index is -0.760. The van der Waals surface area contributed by atoms with Gasteiger partial charge in [-0.05, 0) is 18.1 Å². The van der Waals surface area contributed by atoms with E-state index in [-0.39, 0.29) is 18.2 Å². The molecule has 0 atom stereocenters. The summed E-state index contributed by atoms with van der Waals surface area (Å²) in [6.07, 6.45) is 0.208. The molecule has 0 aliphatic carbocycles. The van der Waals surface area contributed by atoms with Gasteiger partial charge in [-0.2, -0.15) is 0 Å². The summed E-state index contributed by atoms with van der Waals surface area (Å²) in [5.74, 6) is -0.767. The molecule has 0 saturated carbocycles. The molecule has 1 saturated heterocycles.